The van der Waals surface area contributed by atoms with E-state index in [-0.39, 0.29) is 24.1 Å². The quantitative estimate of drug-likeness (QED) is 0.704. The number of piperidine rings is 1. The topological polar surface area (TPSA) is 67.9 Å². The maximum atomic E-state index is 11.3. The third-order valence-electron chi connectivity index (χ3n) is 3.33. The van der Waals surface area contributed by atoms with Crippen LogP contribution in [-0.4, -0.2) is 56.4 Å². The molecular weight excluding hydrogens is 224 g/mol. The van der Waals surface area contributed by atoms with Gasteiger partial charge in [0.05, 0.1) is 19.6 Å². The molecule has 2 rings (SSSR count). The zero-order valence-electron chi connectivity index (χ0n) is 9.98. The van der Waals surface area contributed by atoms with Gasteiger partial charge in [0.25, 0.3) is 0 Å². The van der Waals surface area contributed by atoms with Gasteiger partial charge in [0.15, 0.2) is 0 Å². The van der Waals surface area contributed by atoms with Crippen molar-refractivity contribution < 1.29 is 19.1 Å². The Kier molecular flexibility index (Phi) is 3.83. The van der Waals surface area contributed by atoms with Gasteiger partial charge in [-0.2, -0.15) is 0 Å². The van der Waals surface area contributed by atoms with Crippen molar-refractivity contribution in [3.8, 4) is 0 Å². The summed E-state index contributed by atoms with van der Waals surface area (Å²) in [5, 5.41) is 2.63. The lowest BCUT2D eigenvalue weighted by molar-refractivity contribution is -0.147. The van der Waals surface area contributed by atoms with Gasteiger partial charge in [-0.1, -0.05) is 0 Å². The van der Waals surface area contributed by atoms with Crippen LogP contribution in [0.15, 0.2) is 0 Å². The predicted octanol–water partition coefficient (Wildman–Crippen LogP) is -0.0202. The molecule has 0 aliphatic carbocycles. The number of ether oxygens (including phenoxy) is 2. The summed E-state index contributed by atoms with van der Waals surface area (Å²) in [6.07, 6.45) is 1.25. The van der Waals surface area contributed by atoms with Crippen molar-refractivity contribution in [1.82, 2.24) is 10.2 Å². The fourth-order valence-electron chi connectivity index (χ4n) is 2.34. The number of carbonyl (C=O) groups is 2. The Hall–Kier alpha value is -1.30. The molecule has 0 saturated carbocycles. The van der Waals surface area contributed by atoms with Crippen LogP contribution in [0.1, 0.15) is 12.8 Å². The van der Waals surface area contributed by atoms with Gasteiger partial charge in [0.2, 0.25) is 0 Å². The second-order valence-corrected chi connectivity index (χ2v) is 4.51. The minimum Gasteiger partial charge on any atom is -0.469 e. The Bertz CT molecular complexity index is 300. The third-order valence-corrected chi connectivity index (χ3v) is 3.33. The van der Waals surface area contributed by atoms with Crippen LogP contribution in [0.3, 0.4) is 0 Å². The van der Waals surface area contributed by atoms with Crippen LogP contribution in [-0.2, 0) is 14.3 Å². The molecule has 0 bridgehead atoms. The van der Waals surface area contributed by atoms with Crippen molar-refractivity contribution >= 4 is 12.1 Å². The van der Waals surface area contributed by atoms with Crippen molar-refractivity contribution in [2.24, 2.45) is 5.92 Å². The van der Waals surface area contributed by atoms with Crippen molar-refractivity contribution in [3.05, 3.63) is 0 Å². The minimum absolute atomic E-state index is 0.0282. The molecule has 2 aliphatic rings. The Morgan fingerprint density at radius 1 is 1.53 bits per heavy atom. The van der Waals surface area contributed by atoms with E-state index < -0.39 is 0 Å². The number of nitrogens with one attached hydrogen (secondary N) is 1. The van der Waals surface area contributed by atoms with E-state index in [0.29, 0.717) is 6.54 Å². The molecule has 96 valence electrons. The molecule has 0 aromatic heterocycles. The largest absolute Gasteiger partial charge is 0.469 e. The maximum absolute atomic E-state index is 11.3. The lowest BCUT2D eigenvalue weighted by Crippen LogP contribution is -2.41. The lowest BCUT2D eigenvalue weighted by Gasteiger charge is -2.31. The first kappa shape index (κ1) is 12.2. The highest BCUT2D eigenvalue weighted by Crippen LogP contribution is 2.19. The zero-order valence-corrected chi connectivity index (χ0v) is 9.98. The number of amides is 1. The normalized spacial score (nSPS) is 26.4. The highest BCUT2D eigenvalue weighted by molar-refractivity contribution is 5.72. The molecule has 0 radical (unpaired) electrons. The number of cyclic esters (lactones) is 1. The summed E-state index contributed by atoms with van der Waals surface area (Å²) in [7, 11) is 1.43. The van der Waals surface area contributed by atoms with E-state index in [9.17, 15) is 9.59 Å². The van der Waals surface area contributed by atoms with Crippen LogP contribution in [0.4, 0.5) is 4.79 Å². The van der Waals surface area contributed by atoms with E-state index in [4.69, 9.17) is 9.47 Å². The van der Waals surface area contributed by atoms with Crippen LogP contribution in [0.25, 0.3) is 0 Å². The standard InChI is InChI=1S/C11H18N2O4/c1-16-10(14)8-2-4-13(5-3-8)7-9-6-12-11(15)17-9/h8-9H,2-7H2,1H3,(H,12,15). The van der Waals surface area contributed by atoms with Gasteiger partial charge in [0, 0.05) is 6.54 Å². The monoisotopic (exact) mass is 242 g/mol. The molecular formula is C11H18N2O4. The molecule has 0 spiro atoms. The van der Waals surface area contributed by atoms with Crippen molar-refractivity contribution in [3.63, 3.8) is 0 Å². The summed E-state index contributed by atoms with van der Waals surface area (Å²) in [5.41, 5.74) is 0. The average Bonchev–Trinajstić information content (AvgIpc) is 2.75. The summed E-state index contributed by atoms with van der Waals surface area (Å²) >= 11 is 0. The van der Waals surface area contributed by atoms with Gasteiger partial charge in [-0.05, 0) is 25.9 Å². The minimum atomic E-state index is -0.334. The molecule has 2 aliphatic heterocycles. The first-order chi connectivity index (χ1) is 8.19. The fraction of sp³-hybridized carbons (Fsp3) is 0.818. The van der Waals surface area contributed by atoms with E-state index in [1.165, 1.54) is 7.11 Å². The van der Waals surface area contributed by atoms with E-state index in [0.717, 1.165) is 32.5 Å². The van der Waals surface area contributed by atoms with E-state index >= 15 is 0 Å². The van der Waals surface area contributed by atoms with Gasteiger partial charge in [-0.15, -0.1) is 0 Å². The van der Waals surface area contributed by atoms with E-state index in [1.807, 2.05) is 0 Å². The number of hydrogen-bond acceptors (Lipinski definition) is 5. The first-order valence-electron chi connectivity index (χ1n) is 5.93. The lowest BCUT2D eigenvalue weighted by atomic mass is 9.97. The second-order valence-electron chi connectivity index (χ2n) is 4.51. The van der Waals surface area contributed by atoms with Gasteiger partial charge >= 0.3 is 12.1 Å². The summed E-state index contributed by atoms with van der Waals surface area (Å²) in [6, 6.07) is 0. The molecule has 0 aromatic carbocycles. The molecule has 1 N–H and O–H groups in total. The van der Waals surface area contributed by atoms with Crippen LogP contribution in [0, 0.1) is 5.92 Å². The van der Waals surface area contributed by atoms with Crippen molar-refractivity contribution in [2.45, 2.75) is 18.9 Å². The van der Waals surface area contributed by atoms with Gasteiger partial charge in [0.1, 0.15) is 6.10 Å². The smallest absolute Gasteiger partial charge is 0.407 e. The summed E-state index contributed by atoms with van der Waals surface area (Å²) in [5.74, 6) is -0.0842. The Morgan fingerprint density at radius 3 is 2.76 bits per heavy atom. The maximum Gasteiger partial charge on any atom is 0.407 e. The number of esters is 1. The summed E-state index contributed by atoms with van der Waals surface area (Å²) in [6.45, 7) is 3.03. The molecule has 1 amide bonds. The van der Waals surface area contributed by atoms with Gasteiger partial charge in [-0.3, -0.25) is 9.69 Å². The molecule has 2 heterocycles. The predicted molar refractivity (Wildman–Crippen MR) is 59.5 cm³/mol. The van der Waals surface area contributed by atoms with Crippen LogP contribution < -0.4 is 5.32 Å². The summed E-state index contributed by atoms with van der Waals surface area (Å²) < 4.78 is 9.81. The Balaban J connectivity index is 1.72. The SMILES string of the molecule is COC(=O)C1CCN(CC2CNC(=O)O2)CC1. The first-order valence-corrected chi connectivity index (χ1v) is 5.93. The highest BCUT2D eigenvalue weighted by Gasteiger charge is 2.29. The highest BCUT2D eigenvalue weighted by atomic mass is 16.6. The number of nitrogens with zero attached hydrogens (tertiary/aromatic N) is 1. The number of carbonyl (C=O) groups excluding carboxylic acids is 2. The molecule has 2 fully saturated rings. The third kappa shape index (κ3) is 3.09. The number of likely N-dealkylation sites (tertiary alicyclic amines) is 1. The average molecular weight is 242 g/mol. The molecule has 17 heavy (non-hydrogen) atoms. The Morgan fingerprint density at radius 2 is 2.24 bits per heavy atom. The molecule has 2 saturated heterocycles. The second kappa shape index (κ2) is 5.35. The molecule has 1 unspecified atom stereocenters. The Labute approximate surface area is 100 Å². The number of alkyl carbamates (subject to hydrolysis) is 1. The van der Waals surface area contributed by atoms with E-state index in [2.05, 4.69) is 10.2 Å². The van der Waals surface area contributed by atoms with Gasteiger partial charge < -0.3 is 14.8 Å². The van der Waals surface area contributed by atoms with Crippen LogP contribution >= 0.6 is 0 Å². The van der Waals surface area contributed by atoms with Gasteiger partial charge in [-0.25, -0.2) is 4.79 Å². The fourth-order valence-corrected chi connectivity index (χ4v) is 2.34. The van der Waals surface area contributed by atoms with E-state index in [1.54, 1.807) is 0 Å². The summed E-state index contributed by atoms with van der Waals surface area (Å²) in [4.78, 5) is 24.4. The van der Waals surface area contributed by atoms with Crippen molar-refractivity contribution in [1.29, 1.82) is 0 Å². The van der Waals surface area contributed by atoms with Crippen LogP contribution in [0.5, 0.6) is 0 Å². The molecule has 0 aromatic rings. The van der Waals surface area contributed by atoms with Crippen molar-refractivity contribution in [2.75, 3.05) is 33.3 Å². The molecule has 6 nitrogen and oxygen atoms in total. The number of hydrogen-bond donors (Lipinski definition) is 1. The number of rotatable bonds is 3. The molecule has 6 heteroatoms. The zero-order chi connectivity index (χ0) is 12.3. The number of methoxy groups -OCH3 is 1. The molecule has 1 atom stereocenters. The van der Waals surface area contributed by atoms with Crippen LogP contribution in [0.2, 0.25) is 0 Å².